The highest BCUT2D eigenvalue weighted by Gasteiger charge is 2.20. The van der Waals surface area contributed by atoms with Gasteiger partial charge in [-0.15, -0.1) is 0 Å². The molecule has 0 heterocycles. The van der Waals surface area contributed by atoms with Crippen LogP contribution in [0.2, 0.25) is 0 Å². The molecule has 1 rings (SSSR count). The maximum atomic E-state index is 12.1. The molecule has 0 unspecified atom stereocenters. The van der Waals surface area contributed by atoms with E-state index in [-0.39, 0.29) is 11.1 Å². The first-order valence-electron chi connectivity index (χ1n) is 6.48. The maximum absolute atomic E-state index is 12.1. The van der Waals surface area contributed by atoms with Crippen molar-refractivity contribution in [2.24, 2.45) is 0 Å². The largest absolute Gasteiger partial charge is 0.480 e. The Bertz CT molecular complexity index is 611. The second-order valence-corrected chi connectivity index (χ2v) is 4.35. The first kappa shape index (κ1) is 17.2. The van der Waals surface area contributed by atoms with Crippen LogP contribution in [0.1, 0.15) is 33.2 Å². The van der Waals surface area contributed by atoms with Crippen molar-refractivity contribution >= 4 is 23.8 Å². The Balaban J connectivity index is 3.11. The SMILES string of the molecule is CCc1cccc(C(=O)NCC(=O)O)c1C(=O)NCC(=O)O. The average molecular weight is 308 g/mol. The van der Waals surface area contributed by atoms with Crippen molar-refractivity contribution in [2.45, 2.75) is 13.3 Å². The van der Waals surface area contributed by atoms with E-state index in [2.05, 4.69) is 10.6 Å². The quantitative estimate of drug-likeness (QED) is 0.555. The van der Waals surface area contributed by atoms with Crippen molar-refractivity contribution in [2.75, 3.05) is 13.1 Å². The standard InChI is InChI=1S/C14H16N2O6/c1-2-8-4-3-5-9(13(21)15-6-10(17)18)12(8)14(22)16-7-11(19)20/h3-5H,2,6-7H2,1H3,(H,15,21)(H,16,22)(H,17,18)(H,19,20). The highest BCUT2D eigenvalue weighted by Crippen LogP contribution is 2.16. The van der Waals surface area contributed by atoms with Crippen molar-refractivity contribution in [3.8, 4) is 0 Å². The third kappa shape index (κ3) is 4.58. The monoisotopic (exact) mass is 308 g/mol. The van der Waals surface area contributed by atoms with Gasteiger partial charge in [0.25, 0.3) is 11.8 Å². The fourth-order valence-electron chi connectivity index (χ4n) is 1.85. The van der Waals surface area contributed by atoms with E-state index < -0.39 is 36.8 Å². The van der Waals surface area contributed by atoms with Crippen molar-refractivity contribution in [1.29, 1.82) is 0 Å². The van der Waals surface area contributed by atoms with Crippen LogP contribution in [0.3, 0.4) is 0 Å². The summed E-state index contributed by atoms with van der Waals surface area (Å²) in [4.78, 5) is 45.2. The van der Waals surface area contributed by atoms with E-state index in [1.54, 1.807) is 19.1 Å². The van der Waals surface area contributed by atoms with Gasteiger partial charge in [0.05, 0.1) is 11.1 Å². The normalized spacial score (nSPS) is 9.86. The molecule has 0 saturated heterocycles. The van der Waals surface area contributed by atoms with Crippen LogP contribution in [-0.2, 0) is 16.0 Å². The summed E-state index contributed by atoms with van der Waals surface area (Å²) in [7, 11) is 0. The van der Waals surface area contributed by atoms with Crippen LogP contribution in [0.4, 0.5) is 0 Å². The Morgan fingerprint density at radius 2 is 1.50 bits per heavy atom. The van der Waals surface area contributed by atoms with E-state index in [0.29, 0.717) is 12.0 Å². The number of carbonyl (C=O) groups is 4. The van der Waals surface area contributed by atoms with Gasteiger partial charge < -0.3 is 20.8 Å². The summed E-state index contributed by atoms with van der Waals surface area (Å²) >= 11 is 0. The van der Waals surface area contributed by atoms with Gasteiger partial charge in [0.2, 0.25) is 0 Å². The third-order valence-corrected chi connectivity index (χ3v) is 2.80. The van der Waals surface area contributed by atoms with Gasteiger partial charge in [-0.2, -0.15) is 0 Å². The average Bonchev–Trinajstić information content (AvgIpc) is 2.49. The van der Waals surface area contributed by atoms with Crippen molar-refractivity contribution in [1.82, 2.24) is 10.6 Å². The number of aryl methyl sites for hydroxylation is 1. The van der Waals surface area contributed by atoms with Crippen LogP contribution in [0, 0.1) is 0 Å². The van der Waals surface area contributed by atoms with Crippen LogP contribution in [0.5, 0.6) is 0 Å². The lowest BCUT2D eigenvalue weighted by Gasteiger charge is -2.13. The van der Waals surface area contributed by atoms with Gasteiger partial charge in [-0.1, -0.05) is 19.1 Å². The van der Waals surface area contributed by atoms with Crippen LogP contribution < -0.4 is 10.6 Å². The molecular weight excluding hydrogens is 292 g/mol. The number of hydrogen-bond acceptors (Lipinski definition) is 4. The molecule has 2 amide bonds. The molecule has 8 nitrogen and oxygen atoms in total. The Labute approximate surface area is 126 Å². The highest BCUT2D eigenvalue weighted by atomic mass is 16.4. The number of nitrogens with one attached hydrogen (secondary N) is 2. The minimum absolute atomic E-state index is 0.00323. The zero-order chi connectivity index (χ0) is 16.7. The van der Waals surface area contributed by atoms with Gasteiger partial charge in [-0.05, 0) is 18.1 Å². The Morgan fingerprint density at radius 1 is 0.955 bits per heavy atom. The number of rotatable bonds is 7. The molecule has 8 heteroatoms. The first-order valence-corrected chi connectivity index (χ1v) is 6.48. The Kier molecular flexibility index (Phi) is 6.06. The molecule has 0 aromatic heterocycles. The summed E-state index contributed by atoms with van der Waals surface area (Å²) in [6, 6.07) is 4.60. The van der Waals surface area contributed by atoms with Gasteiger partial charge in [0.1, 0.15) is 13.1 Å². The van der Waals surface area contributed by atoms with E-state index in [9.17, 15) is 19.2 Å². The number of aliphatic carboxylic acids is 2. The summed E-state index contributed by atoms with van der Waals surface area (Å²) in [6.45, 7) is 0.626. The molecule has 22 heavy (non-hydrogen) atoms. The van der Waals surface area contributed by atoms with Gasteiger partial charge in [-0.3, -0.25) is 19.2 Å². The maximum Gasteiger partial charge on any atom is 0.322 e. The molecule has 4 N–H and O–H groups in total. The molecule has 0 spiro atoms. The number of hydrogen-bond donors (Lipinski definition) is 4. The minimum atomic E-state index is -1.21. The van der Waals surface area contributed by atoms with E-state index in [4.69, 9.17) is 10.2 Å². The lowest BCUT2D eigenvalue weighted by molar-refractivity contribution is -0.136. The number of carboxylic acid groups (broad SMARTS) is 2. The Hall–Kier alpha value is -2.90. The second kappa shape index (κ2) is 7.77. The number of carbonyl (C=O) groups excluding carboxylic acids is 2. The molecule has 0 radical (unpaired) electrons. The molecule has 1 aromatic carbocycles. The molecule has 0 saturated carbocycles. The summed E-state index contributed by atoms with van der Waals surface area (Å²) in [5.74, 6) is -3.82. The van der Waals surface area contributed by atoms with E-state index >= 15 is 0 Å². The zero-order valence-electron chi connectivity index (χ0n) is 11.9. The van der Waals surface area contributed by atoms with Crippen molar-refractivity contribution < 1.29 is 29.4 Å². The lowest BCUT2D eigenvalue weighted by atomic mass is 9.97. The van der Waals surface area contributed by atoms with Gasteiger partial charge in [0, 0.05) is 0 Å². The fourth-order valence-corrected chi connectivity index (χ4v) is 1.85. The Morgan fingerprint density at radius 3 is 2.00 bits per heavy atom. The molecule has 0 aliphatic rings. The number of carboxylic acids is 2. The number of amides is 2. The topological polar surface area (TPSA) is 133 Å². The van der Waals surface area contributed by atoms with Crippen LogP contribution >= 0.6 is 0 Å². The van der Waals surface area contributed by atoms with Crippen molar-refractivity contribution in [3.63, 3.8) is 0 Å². The molecule has 0 bridgehead atoms. The minimum Gasteiger partial charge on any atom is -0.480 e. The van der Waals surface area contributed by atoms with Crippen molar-refractivity contribution in [3.05, 3.63) is 34.9 Å². The first-order chi connectivity index (χ1) is 10.4. The lowest BCUT2D eigenvalue weighted by Crippen LogP contribution is -2.34. The van der Waals surface area contributed by atoms with E-state index in [0.717, 1.165) is 0 Å². The van der Waals surface area contributed by atoms with Crippen LogP contribution in [0.15, 0.2) is 18.2 Å². The molecule has 1 aromatic rings. The highest BCUT2D eigenvalue weighted by molar-refractivity contribution is 6.09. The molecule has 118 valence electrons. The zero-order valence-corrected chi connectivity index (χ0v) is 11.9. The smallest absolute Gasteiger partial charge is 0.322 e. The van der Waals surface area contributed by atoms with Gasteiger partial charge in [-0.25, -0.2) is 0 Å². The summed E-state index contributed by atoms with van der Waals surface area (Å²) in [6.07, 6.45) is 0.454. The van der Waals surface area contributed by atoms with E-state index in [1.165, 1.54) is 6.07 Å². The predicted octanol–water partition coefficient (Wildman–Crippen LogP) is -0.122. The summed E-state index contributed by atoms with van der Waals surface area (Å²) in [5, 5.41) is 21.5. The molecular formula is C14H16N2O6. The summed E-state index contributed by atoms with van der Waals surface area (Å²) in [5.41, 5.74) is 0.614. The predicted molar refractivity (Wildman–Crippen MR) is 75.8 cm³/mol. The van der Waals surface area contributed by atoms with Crippen LogP contribution in [-0.4, -0.2) is 47.1 Å². The molecule has 0 aliphatic heterocycles. The molecule has 0 fully saturated rings. The molecule has 0 atom stereocenters. The van der Waals surface area contributed by atoms with Crippen LogP contribution in [0.25, 0.3) is 0 Å². The number of benzene rings is 1. The molecule has 0 aliphatic carbocycles. The van der Waals surface area contributed by atoms with E-state index in [1.807, 2.05) is 0 Å². The van der Waals surface area contributed by atoms with Gasteiger partial charge in [0.15, 0.2) is 0 Å². The fraction of sp³-hybridized carbons (Fsp3) is 0.286. The summed E-state index contributed by atoms with van der Waals surface area (Å²) < 4.78 is 0. The third-order valence-electron chi connectivity index (χ3n) is 2.80. The van der Waals surface area contributed by atoms with Gasteiger partial charge >= 0.3 is 11.9 Å². The second-order valence-electron chi connectivity index (χ2n) is 4.35.